The number of hydrogen-bond acceptors (Lipinski definition) is 2. The minimum absolute atomic E-state index is 0.0428. The van der Waals surface area contributed by atoms with Crippen LogP contribution in [0, 0.1) is 0 Å². The van der Waals surface area contributed by atoms with Crippen LogP contribution in [-0.2, 0) is 4.79 Å². The molecule has 0 aliphatic rings. The van der Waals surface area contributed by atoms with Gasteiger partial charge in [0.1, 0.15) is 0 Å². The van der Waals surface area contributed by atoms with Gasteiger partial charge in [0, 0.05) is 26.7 Å². The van der Waals surface area contributed by atoms with Crippen LogP contribution in [0.2, 0.25) is 0 Å². The van der Waals surface area contributed by atoms with Gasteiger partial charge in [-0.25, -0.2) is 0 Å². The van der Waals surface area contributed by atoms with E-state index in [4.69, 9.17) is 0 Å². The molecule has 0 unspecified atom stereocenters. The van der Waals surface area contributed by atoms with Crippen LogP contribution >= 0.6 is 0 Å². The number of amides is 1. The van der Waals surface area contributed by atoms with Crippen molar-refractivity contribution in [2.45, 2.75) is 12.8 Å². The van der Waals surface area contributed by atoms with E-state index in [1.165, 1.54) is 0 Å². The van der Waals surface area contributed by atoms with E-state index in [1.54, 1.807) is 26.4 Å². The summed E-state index contributed by atoms with van der Waals surface area (Å²) < 4.78 is 0. The third-order valence-electron chi connectivity index (χ3n) is 1.62. The second-order valence-corrected chi connectivity index (χ2v) is 2.53. The zero-order valence-corrected chi connectivity index (χ0v) is 8.21. The summed E-state index contributed by atoms with van der Waals surface area (Å²) in [6.45, 7) is 3.66. The van der Waals surface area contributed by atoms with Crippen LogP contribution in [0.15, 0.2) is 29.3 Å². The lowest BCUT2D eigenvalue weighted by Crippen LogP contribution is -2.17. The minimum atomic E-state index is 0.0428. The summed E-state index contributed by atoms with van der Waals surface area (Å²) >= 11 is 0. The number of carbonyl (C=O) groups is 1. The summed E-state index contributed by atoms with van der Waals surface area (Å²) in [5.41, 5.74) is 1.02. The van der Waals surface area contributed by atoms with Gasteiger partial charge in [0.2, 0.25) is 5.91 Å². The van der Waals surface area contributed by atoms with Gasteiger partial charge in [-0.05, 0) is 18.1 Å². The molecule has 0 fully saturated rings. The van der Waals surface area contributed by atoms with Crippen molar-refractivity contribution < 1.29 is 4.79 Å². The van der Waals surface area contributed by atoms with E-state index in [1.807, 2.05) is 6.08 Å². The summed E-state index contributed by atoms with van der Waals surface area (Å²) in [6.07, 6.45) is 6.49. The molecular weight excluding hydrogens is 164 g/mol. The monoisotopic (exact) mass is 180 g/mol. The molecule has 0 aliphatic heterocycles. The van der Waals surface area contributed by atoms with Gasteiger partial charge >= 0.3 is 0 Å². The summed E-state index contributed by atoms with van der Waals surface area (Å²) in [6, 6.07) is 0. The maximum absolute atomic E-state index is 10.9. The highest BCUT2D eigenvalue weighted by Crippen LogP contribution is 2.04. The van der Waals surface area contributed by atoms with Crippen molar-refractivity contribution in [1.29, 1.82) is 0 Å². The number of rotatable bonds is 5. The number of nitrogens with one attached hydrogen (secondary N) is 1. The van der Waals surface area contributed by atoms with Crippen molar-refractivity contribution in [1.82, 2.24) is 5.32 Å². The Labute approximate surface area is 79.3 Å². The molecule has 0 aromatic heterocycles. The quantitative estimate of drug-likeness (QED) is 0.503. The third-order valence-corrected chi connectivity index (χ3v) is 1.62. The molecule has 13 heavy (non-hydrogen) atoms. The van der Waals surface area contributed by atoms with Gasteiger partial charge in [0.15, 0.2) is 0 Å². The smallest absolute Gasteiger partial charge is 0.220 e. The molecule has 0 rings (SSSR count). The molecule has 3 nitrogen and oxygen atoms in total. The standard InChI is InChI=1S/C10H16N2O/c1-4-9(7-8-11-2)5-6-10(13)12-3/h4,7-8H,1,5-6H2,2-3H3,(H,12,13)/b9-7+,11-8?. The van der Waals surface area contributed by atoms with Crippen LogP contribution in [0.3, 0.4) is 0 Å². The summed E-state index contributed by atoms with van der Waals surface area (Å²) in [5.74, 6) is 0.0428. The topological polar surface area (TPSA) is 41.5 Å². The van der Waals surface area contributed by atoms with Gasteiger partial charge in [-0.1, -0.05) is 12.7 Å². The van der Waals surface area contributed by atoms with Crippen LogP contribution in [0.25, 0.3) is 0 Å². The molecule has 72 valence electrons. The Morgan fingerprint density at radius 3 is 2.69 bits per heavy atom. The Morgan fingerprint density at radius 2 is 2.23 bits per heavy atom. The predicted molar refractivity (Wildman–Crippen MR) is 56.0 cm³/mol. The van der Waals surface area contributed by atoms with Crippen LogP contribution < -0.4 is 5.32 Å². The minimum Gasteiger partial charge on any atom is -0.359 e. The molecule has 0 aromatic rings. The van der Waals surface area contributed by atoms with E-state index in [0.29, 0.717) is 12.8 Å². The van der Waals surface area contributed by atoms with E-state index < -0.39 is 0 Å². The zero-order chi connectivity index (χ0) is 10.1. The maximum atomic E-state index is 10.9. The van der Waals surface area contributed by atoms with Gasteiger partial charge in [-0.3, -0.25) is 9.79 Å². The normalized spacial score (nSPS) is 11.7. The number of aliphatic imine (C=N–C) groups is 1. The first-order valence-electron chi connectivity index (χ1n) is 4.19. The van der Waals surface area contributed by atoms with Crippen molar-refractivity contribution >= 4 is 12.1 Å². The van der Waals surface area contributed by atoms with E-state index in [9.17, 15) is 4.79 Å². The highest BCUT2D eigenvalue weighted by Gasteiger charge is 1.98. The highest BCUT2D eigenvalue weighted by molar-refractivity contribution is 5.77. The molecule has 1 N–H and O–H groups in total. The van der Waals surface area contributed by atoms with E-state index in [-0.39, 0.29) is 5.91 Å². The molecule has 0 atom stereocenters. The molecule has 0 aromatic carbocycles. The van der Waals surface area contributed by atoms with Crippen LogP contribution in [-0.4, -0.2) is 26.2 Å². The fourth-order valence-corrected chi connectivity index (χ4v) is 0.807. The Hall–Kier alpha value is -1.38. The molecule has 3 heteroatoms. The second kappa shape index (κ2) is 7.28. The first-order chi connectivity index (χ1) is 6.24. The molecule has 0 heterocycles. The molecule has 0 aliphatic carbocycles. The molecule has 0 spiro atoms. The maximum Gasteiger partial charge on any atom is 0.220 e. The SMILES string of the molecule is C=C/C(=C\C=NC)CCC(=O)NC. The predicted octanol–water partition coefficient (Wildman–Crippen LogP) is 1.33. The van der Waals surface area contributed by atoms with Gasteiger partial charge in [-0.15, -0.1) is 0 Å². The Kier molecular flexibility index (Phi) is 6.51. The van der Waals surface area contributed by atoms with Crippen LogP contribution in [0.1, 0.15) is 12.8 Å². The van der Waals surface area contributed by atoms with E-state index in [2.05, 4.69) is 16.9 Å². The molecular formula is C10H16N2O. The Bertz CT molecular complexity index is 229. The van der Waals surface area contributed by atoms with Crippen molar-refractivity contribution in [3.8, 4) is 0 Å². The molecule has 0 bridgehead atoms. The number of nitrogens with zero attached hydrogens (tertiary/aromatic N) is 1. The van der Waals surface area contributed by atoms with Gasteiger partial charge in [-0.2, -0.15) is 0 Å². The lowest BCUT2D eigenvalue weighted by molar-refractivity contribution is -0.120. The number of carbonyl (C=O) groups excluding carboxylic acids is 1. The van der Waals surface area contributed by atoms with E-state index >= 15 is 0 Å². The molecule has 1 amide bonds. The van der Waals surface area contributed by atoms with Gasteiger partial charge in [0.25, 0.3) is 0 Å². The molecule has 0 saturated carbocycles. The fourth-order valence-electron chi connectivity index (χ4n) is 0.807. The van der Waals surface area contributed by atoms with Crippen molar-refractivity contribution in [2.24, 2.45) is 4.99 Å². The average Bonchev–Trinajstić information content (AvgIpc) is 2.17. The van der Waals surface area contributed by atoms with Crippen LogP contribution in [0.4, 0.5) is 0 Å². The van der Waals surface area contributed by atoms with Gasteiger partial charge < -0.3 is 5.32 Å². The van der Waals surface area contributed by atoms with Crippen molar-refractivity contribution in [3.05, 3.63) is 24.3 Å². The highest BCUT2D eigenvalue weighted by atomic mass is 16.1. The third kappa shape index (κ3) is 5.84. The van der Waals surface area contributed by atoms with Crippen molar-refractivity contribution in [2.75, 3.05) is 14.1 Å². The first kappa shape index (κ1) is 11.6. The lowest BCUT2D eigenvalue weighted by Gasteiger charge is -1.99. The Balaban J connectivity index is 3.99. The van der Waals surface area contributed by atoms with Gasteiger partial charge in [0.05, 0.1) is 0 Å². The summed E-state index contributed by atoms with van der Waals surface area (Å²) in [7, 11) is 3.34. The fraction of sp³-hybridized carbons (Fsp3) is 0.400. The second-order valence-electron chi connectivity index (χ2n) is 2.53. The largest absolute Gasteiger partial charge is 0.359 e. The summed E-state index contributed by atoms with van der Waals surface area (Å²) in [5, 5.41) is 2.57. The van der Waals surface area contributed by atoms with E-state index in [0.717, 1.165) is 5.57 Å². The molecule has 0 saturated heterocycles. The zero-order valence-electron chi connectivity index (χ0n) is 8.21. The summed E-state index contributed by atoms with van der Waals surface area (Å²) in [4.78, 5) is 14.7. The van der Waals surface area contributed by atoms with Crippen molar-refractivity contribution in [3.63, 3.8) is 0 Å². The molecule has 0 radical (unpaired) electrons. The lowest BCUT2D eigenvalue weighted by atomic mass is 10.1. The Morgan fingerprint density at radius 1 is 1.54 bits per heavy atom. The number of allylic oxidation sites excluding steroid dienone is 3. The number of hydrogen-bond donors (Lipinski definition) is 1. The average molecular weight is 180 g/mol. The first-order valence-corrected chi connectivity index (χ1v) is 4.19. The van der Waals surface area contributed by atoms with Crippen LogP contribution in [0.5, 0.6) is 0 Å².